The maximum Gasteiger partial charge on any atom is 0.416 e. The van der Waals surface area contributed by atoms with E-state index in [1.165, 1.54) is 12.1 Å². The lowest BCUT2D eigenvalue weighted by molar-refractivity contribution is -0.137. The maximum atomic E-state index is 12.4. The van der Waals surface area contributed by atoms with Gasteiger partial charge in [-0.3, -0.25) is 4.79 Å². The molecule has 0 aliphatic heterocycles. The highest BCUT2D eigenvalue weighted by Crippen LogP contribution is 2.29. The van der Waals surface area contributed by atoms with Crippen LogP contribution in [0.4, 0.5) is 13.2 Å². The van der Waals surface area contributed by atoms with Gasteiger partial charge in [-0.15, -0.1) is 0 Å². The van der Waals surface area contributed by atoms with Gasteiger partial charge in [0.2, 0.25) is 0 Å². The molecule has 1 amide bonds. The molecule has 21 heavy (non-hydrogen) atoms. The molecule has 1 heterocycles. The third-order valence-corrected chi connectivity index (χ3v) is 3.33. The van der Waals surface area contributed by atoms with Gasteiger partial charge in [0.1, 0.15) is 5.69 Å². The van der Waals surface area contributed by atoms with Gasteiger partial charge in [-0.25, -0.2) is 0 Å². The number of halogens is 4. The Morgan fingerprint density at radius 1 is 1.24 bits per heavy atom. The Labute approximate surface area is 127 Å². The summed E-state index contributed by atoms with van der Waals surface area (Å²) in [5.74, 6) is -0.257. The van der Waals surface area contributed by atoms with Crippen molar-refractivity contribution < 1.29 is 18.0 Å². The van der Waals surface area contributed by atoms with Crippen molar-refractivity contribution in [1.82, 2.24) is 10.3 Å². The number of carbonyl (C=O) groups is 1. The van der Waals surface area contributed by atoms with Gasteiger partial charge in [0.05, 0.1) is 5.56 Å². The zero-order valence-corrected chi connectivity index (χ0v) is 12.4. The molecule has 112 valence electrons. The minimum Gasteiger partial charge on any atom is -0.356 e. The number of nitrogens with one attached hydrogen (secondary N) is 2. The summed E-state index contributed by atoms with van der Waals surface area (Å²) in [6.45, 7) is 0.348. The normalized spacial score (nSPS) is 11.4. The van der Waals surface area contributed by atoms with Crippen molar-refractivity contribution in [1.29, 1.82) is 0 Å². The fourth-order valence-corrected chi connectivity index (χ4v) is 2.12. The van der Waals surface area contributed by atoms with Crippen LogP contribution in [0.15, 0.2) is 41.0 Å². The predicted molar refractivity (Wildman–Crippen MR) is 76.0 cm³/mol. The molecule has 0 radical (unpaired) electrons. The summed E-state index contributed by atoms with van der Waals surface area (Å²) >= 11 is 3.22. The quantitative estimate of drug-likeness (QED) is 0.856. The molecule has 1 aromatic heterocycles. The first-order valence-electron chi connectivity index (χ1n) is 6.14. The van der Waals surface area contributed by atoms with Crippen molar-refractivity contribution in [3.8, 4) is 0 Å². The van der Waals surface area contributed by atoms with Crippen LogP contribution in [0.5, 0.6) is 0 Å². The molecule has 0 saturated carbocycles. The van der Waals surface area contributed by atoms with E-state index in [0.29, 0.717) is 18.7 Å². The summed E-state index contributed by atoms with van der Waals surface area (Å²) in [5, 5.41) is 2.69. The summed E-state index contributed by atoms with van der Waals surface area (Å²) in [6, 6.07) is 6.56. The zero-order chi connectivity index (χ0) is 15.5. The first kappa shape index (κ1) is 15.6. The lowest BCUT2D eigenvalue weighted by Crippen LogP contribution is -2.25. The van der Waals surface area contributed by atoms with Crippen LogP contribution in [0, 0.1) is 0 Å². The molecule has 0 unspecified atom stereocenters. The molecule has 7 heteroatoms. The SMILES string of the molecule is O=C(NCCc1ccc(C(F)(F)F)cc1)c1cc(Br)c[nH]1. The molecule has 2 N–H and O–H groups in total. The van der Waals surface area contributed by atoms with Gasteiger partial charge in [0, 0.05) is 17.2 Å². The van der Waals surface area contributed by atoms with Gasteiger partial charge in [-0.2, -0.15) is 13.2 Å². The molecular weight excluding hydrogens is 349 g/mol. The van der Waals surface area contributed by atoms with Crippen molar-refractivity contribution in [2.24, 2.45) is 0 Å². The number of hydrogen-bond acceptors (Lipinski definition) is 1. The molecule has 0 spiro atoms. The highest BCUT2D eigenvalue weighted by atomic mass is 79.9. The van der Waals surface area contributed by atoms with Gasteiger partial charge in [-0.05, 0) is 46.1 Å². The van der Waals surface area contributed by atoms with Crippen LogP contribution in [0.3, 0.4) is 0 Å². The Bertz CT molecular complexity index is 620. The number of benzene rings is 1. The van der Waals surface area contributed by atoms with Crippen LogP contribution in [-0.2, 0) is 12.6 Å². The van der Waals surface area contributed by atoms with Gasteiger partial charge >= 0.3 is 6.18 Å². The van der Waals surface area contributed by atoms with E-state index >= 15 is 0 Å². The average molecular weight is 361 g/mol. The second-order valence-electron chi connectivity index (χ2n) is 4.43. The molecule has 0 bridgehead atoms. The van der Waals surface area contributed by atoms with Crippen molar-refractivity contribution in [2.75, 3.05) is 6.54 Å². The number of rotatable bonds is 4. The largest absolute Gasteiger partial charge is 0.416 e. The predicted octanol–water partition coefficient (Wildman–Crippen LogP) is 3.77. The van der Waals surface area contributed by atoms with E-state index in [1.807, 2.05) is 0 Å². The highest BCUT2D eigenvalue weighted by molar-refractivity contribution is 9.10. The van der Waals surface area contributed by atoms with E-state index in [-0.39, 0.29) is 5.91 Å². The van der Waals surface area contributed by atoms with Gasteiger partial charge in [0.25, 0.3) is 5.91 Å². The molecule has 0 aliphatic rings. The molecule has 2 aromatic rings. The van der Waals surface area contributed by atoms with Crippen LogP contribution >= 0.6 is 15.9 Å². The highest BCUT2D eigenvalue weighted by Gasteiger charge is 2.29. The third kappa shape index (κ3) is 4.35. The van der Waals surface area contributed by atoms with Crippen LogP contribution in [0.25, 0.3) is 0 Å². The van der Waals surface area contributed by atoms with Crippen LogP contribution < -0.4 is 5.32 Å². The van der Waals surface area contributed by atoms with Crippen LogP contribution in [0.1, 0.15) is 21.6 Å². The van der Waals surface area contributed by atoms with Gasteiger partial charge < -0.3 is 10.3 Å². The number of aromatic nitrogens is 1. The Kier molecular flexibility index (Phi) is 4.72. The Hall–Kier alpha value is -1.76. The standard InChI is InChI=1S/C14H12BrF3N2O/c15-11-7-12(20-8-11)13(21)19-6-5-9-1-3-10(4-2-9)14(16,17)18/h1-4,7-8,20H,5-6H2,(H,19,21). The summed E-state index contributed by atoms with van der Waals surface area (Å²) in [5.41, 5.74) is 0.483. The van der Waals surface area contributed by atoms with Crippen molar-refractivity contribution >= 4 is 21.8 Å². The first-order valence-corrected chi connectivity index (χ1v) is 6.94. The first-order chi connectivity index (χ1) is 9.86. The number of carbonyl (C=O) groups excluding carboxylic acids is 1. The Morgan fingerprint density at radius 3 is 2.43 bits per heavy atom. The number of aromatic amines is 1. The fourth-order valence-electron chi connectivity index (χ4n) is 1.77. The number of hydrogen-bond donors (Lipinski definition) is 2. The monoisotopic (exact) mass is 360 g/mol. The smallest absolute Gasteiger partial charge is 0.356 e. The second kappa shape index (κ2) is 6.34. The van der Waals surface area contributed by atoms with Gasteiger partial charge in [-0.1, -0.05) is 12.1 Å². The molecule has 0 aliphatic carbocycles. The van der Waals surface area contributed by atoms with Crippen LogP contribution in [-0.4, -0.2) is 17.4 Å². The minimum absolute atomic E-state index is 0.257. The number of alkyl halides is 3. The van der Waals surface area contributed by atoms with E-state index < -0.39 is 11.7 Å². The topological polar surface area (TPSA) is 44.9 Å². The maximum absolute atomic E-state index is 12.4. The molecule has 0 fully saturated rings. The van der Waals surface area contributed by atoms with E-state index in [4.69, 9.17) is 0 Å². The molecule has 2 rings (SSSR count). The molecule has 1 aromatic carbocycles. The Morgan fingerprint density at radius 2 is 1.90 bits per heavy atom. The molecule has 3 nitrogen and oxygen atoms in total. The molecule has 0 atom stereocenters. The minimum atomic E-state index is -4.33. The second-order valence-corrected chi connectivity index (χ2v) is 5.35. The lowest BCUT2D eigenvalue weighted by Gasteiger charge is -2.08. The summed E-state index contributed by atoms with van der Waals surface area (Å²) in [4.78, 5) is 14.5. The van der Waals surface area contributed by atoms with E-state index in [2.05, 4.69) is 26.2 Å². The summed E-state index contributed by atoms with van der Waals surface area (Å²) in [6.07, 6.45) is -2.22. The number of amides is 1. The van der Waals surface area contributed by atoms with Crippen molar-refractivity contribution in [3.63, 3.8) is 0 Å². The summed E-state index contributed by atoms with van der Waals surface area (Å²) < 4.78 is 38.0. The molecule has 0 saturated heterocycles. The Balaban J connectivity index is 1.85. The molecular formula is C14H12BrF3N2O. The van der Waals surface area contributed by atoms with Crippen LogP contribution in [0.2, 0.25) is 0 Å². The van der Waals surface area contributed by atoms with E-state index in [1.54, 1.807) is 12.3 Å². The fraction of sp³-hybridized carbons (Fsp3) is 0.214. The van der Waals surface area contributed by atoms with E-state index in [9.17, 15) is 18.0 Å². The number of H-pyrrole nitrogens is 1. The van der Waals surface area contributed by atoms with Crippen molar-refractivity contribution in [3.05, 3.63) is 57.8 Å². The lowest BCUT2D eigenvalue weighted by atomic mass is 10.1. The van der Waals surface area contributed by atoms with Crippen molar-refractivity contribution in [2.45, 2.75) is 12.6 Å². The van der Waals surface area contributed by atoms with Gasteiger partial charge in [0.15, 0.2) is 0 Å². The summed E-state index contributed by atoms with van der Waals surface area (Å²) in [7, 11) is 0. The third-order valence-electron chi connectivity index (χ3n) is 2.87. The van der Waals surface area contributed by atoms with E-state index in [0.717, 1.165) is 22.2 Å². The average Bonchev–Trinajstić information content (AvgIpc) is 2.85. The zero-order valence-electron chi connectivity index (χ0n) is 10.8.